The van der Waals surface area contributed by atoms with Gasteiger partial charge in [0.25, 0.3) is 0 Å². The summed E-state index contributed by atoms with van der Waals surface area (Å²) in [4.78, 5) is 4.48. The summed E-state index contributed by atoms with van der Waals surface area (Å²) in [5.74, 6) is -0.299. The van der Waals surface area contributed by atoms with Crippen LogP contribution in [0.5, 0.6) is 0 Å². The summed E-state index contributed by atoms with van der Waals surface area (Å²) in [7, 11) is 0. The van der Waals surface area contributed by atoms with Crippen LogP contribution < -0.4 is 20.7 Å². The van der Waals surface area contributed by atoms with Crippen molar-refractivity contribution < 1.29 is 9.50 Å². The lowest BCUT2D eigenvalue weighted by Crippen LogP contribution is -2.39. The molecule has 1 aliphatic heterocycles. The number of hydrogen-bond donors (Lipinski definition) is 5. The van der Waals surface area contributed by atoms with Gasteiger partial charge in [0.05, 0.1) is 16.7 Å². The summed E-state index contributed by atoms with van der Waals surface area (Å²) >= 11 is 5.88. The van der Waals surface area contributed by atoms with Crippen LogP contribution in [0, 0.1) is 5.82 Å². The highest BCUT2D eigenvalue weighted by Gasteiger charge is 2.23. The van der Waals surface area contributed by atoms with Gasteiger partial charge in [0.2, 0.25) is 5.13 Å². The Labute approximate surface area is 174 Å². The van der Waals surface area contributed by atoms with E-state index in [0.717, 1.165) is 42.6 Å². The van der Waals surface area contributed by atoms with Crippen molar-refractivity contribution in [1.29, 1.82) is 0 Å². The molecule has 1 aliphatic rings. The van der Waals surface area contributed by atoms with Crippen molar-refractivity contribution >= 4 is 50.2 Å². The first-order valence-corrected chi connectivity index (χ1v) is 11.1. The van der Waals surface area contributed by atoms with E-state index < -0.39 is 0 Å². The largest absolute Gasteiger partial charge is 0.390 e. The van der Waals surface area contributed by atoms with Crippen molar-refractivity contribution in [1.82, 2.24) is 20.0 Å². The van der Waals surface area contributed by atoms with E-state index in [-0.39, 0.29) is 18.0 Å². The van der Waals surface area contributed by atoms with E-state index in [1.807, 2.05) is 0 Å². The average Bonchev–Trinajstić information content (AvgIpc) is 3.31. The average molecular weight is 477 g/mol. The third kappa shape index (κ3) is 6.26. The molecule has 0 saturated carbocycles. The normalized spacial score (nSPS) is 19.4. The number of aromatic nitrogens is 2. The lowest BCUT2D eigenvalue weighted by atomic mass is 10.2. The Morgan fingerprint density at radius 1 is 1.33 bits per heavy atom. The number of benzene rings is 1. The van der Waals surface area contributed by atoms with Gasteiger partial charge in [-0.05, 0) is 59.4 Å². The SMILES string of the molecule is O[C@@H]1CNC[C@H]1NCCCCNc1cc(F)c(SNc2ncns2)cc1Br. The molecule has 0 bridgehead atoms. The minimum atomic E-state index is -0.306. The van der Waals surface area contributed by atoms with E-state index in [1.165, 1.54) is 35.9 Å². The first-order chi connectivity index (χ1) is 13.1. The number of hydrogen-bond acceptors (Lipinski definition) is 9. The fourth-order valence-electron chi connectivity index (χ4n) is 2.69. The first-order valence-electron chi connectivity index (χ1n) is 8.68. The third-order valence-corrected chi connectivity index (χ3v) is 6.33. The molecule has 1 aromatic heterocycles. The second-order valence-corrected chi connectivity index (χ2v) is 8.62. The van der Waals surface area contributed by atoms with Gasteiger partial charge in [-0.25, -0.2) is 9.37 Å². The minimum absolute atomic E-state index is 0.139. The van der Waals surface area contributed by atoms with Crippen molar-refractivity contribution in [3.8, 4) is 0 Å². The Hall–Kier alpha value is -0.980. The van der Waals surface area contributed by atoms with Crippen molar-refractivity contribution in [3.63, 3.8) is 0 Å². The van der Waals surface area contributed by atoms with Crippen LogP contribution in [0.3, 0.4) is 0 Å². The molecular formula is C16H22BrFN6OS2. The fourth-order valence-corrected chi connectivity index (χ4v) is 4.47. The Bertz CT molecular complexity index is 723. The number of halogens is 2. The third-order valence-electron chi connectivity index (χ3n) is 4.14. The van der Waals surface area contributed by atoms with E-state index in [2.05, 4.69) is 46.0 Å². The Morgan fingerprint density at radius 2 is 2.19 bits per heavy atom. The smallest absolute Gasteiger partial charge is 0.212 e. The van der Waals surface area contributed by atoms with Gasteiger partial charge in [0.15, 0.2) is 0 Å². The Balaban J connectivity index is 1.38. The van der Waals surface area contributed by atoms with Gasteiger partial charge in [-0.1, -0.05) is 0 Å². The molecule has 2 atom stereocenters. The topological polar surface area (TPSA) is 94.1 Å². The van der Waals surface area contributed by atoms with Crippen LogP contribution in [0.1, 0.15) is 12.8 Å². The highest BCUT2D eigenvalue weighted by Crippen LogP contribution is 2.32. The van der Waals surface area contributed by atoms with Crippen molar-refractivity contribution in [2.75, 3.05) is 36.2 Å². The minimum Gasteiger partial charge on any atom is -0.390 e. The molecule has 148 valence electrons. The van der Waals surface area contributed by atoms with Gasteiger partial charge >= 0.3 is 0 Å². The molecule has 1 saturated heterocycles. The molecule has 0 unspecified atom stereocenters. The molecule has 27 heavy (non-hydrogen) atoms. The number of nitrogens with zero attached hydrogens (tertiary/aromatic N) is 2. The second-order valence-electron chi connectivity index (χ2n) is 6.13. The molecule has 3 rings (SSSR count). The zero-order chi connectivity index (χ0) is 19.1. The van der Waals surface area contributed by atoms with Crippen LogP contribution in [-0.2, 0) is 0 Å². The summed E-state index contributed by atoms with van der Waals surface area (Å²) in [6, 6.07) is 3.37. The molecule has 0 radical (unpaired) electrons. The summed E-state index contributed by atoms with van der Waals surface area (Å²) < 4.78 is 22.0. The van der Waals surface area contributed by atoms with Crippen molar-refractivity contribution in [2.45, 2.75) is 29.9 Å². The lowest BCUT2D eigenvalue weighted by molar-refractivity contribution is 0.163. The van der Waals surface area contributed by atoms with E-state index in [4.69, 9.17) is 0 Å². The van der Waals surface area contributed by atoms with Crippen LogP contribution in [0.25, 0.3) is 0 Å². The highest BCUT2D eigenvalue weighted by atomic mass is 79.9. The molecule has 7 nitrogen and oxygen atoms in total. The highest BCUT2D eigenvalue weighted by molar-refractivity contribution is 9.10. The standard InChI is InChI=1S/C16H22BrFN6OS2/c17-10-5-15(26-24-16-22-9-23-27-16)11(18)6-12(10)20-3-1-2-4-21-13-7-19-8-14(13)25/h5-6,9,13-14,19-21,25H,1-4,7-8H2,(H,22,23,24)/t13-,14-/m1/s1. The first kappa shape index (κ1) is 20.7. The molecule has 0 amide bonds. The van der Waals surface area contributed by atoms with Crippen LogP contribution in [0.15, 0.2) is 27.8 Å². The number of nitrogens with one attached hydrogen (secondary N) is 4. The molecule has 5 N–H and O–H groups in total. The number of aliphatic hydroxyl groups is 1. The van der Waals surface area contributed by atoms with Gasteiger partial charge in [-0.15, -0.1) is 0 Å². The summed E-state index contributed by atoms with van der Waals surface area (Å²) in [6.07, 6.45) is 3.08. The van der Waals surface area contributed by atoms with Crippen molar-refractivity contribution in [2.24, 2.45) is 0 Å². The predicted octanol–water partition coefficient (Wildman–Crippen LogP) is 2.67. The summed E-state index contributed by atoms with van der Waals surface area (Å²) in [5, 5.41) is 20.1. The Kier molecular flexibility index (Phi) is 8.09. The van der Waals surface area contributed by atoms with Gasteiger partial charge in [-0.3, -0.25) is 0 Å². The molecule has 0 spiro atoms. The maximum Gasteiger partial charge on any atom is 0.212 e. The number of β-amino-alcohol motifs (C(OH)–C–C–N with tert-alkyl or cyclic N) is 1. The lowest BCUT2D eigenvalue weighted by Gasteiger charge is -2.15. The molecular weight excluding hydrogens is 455 g/mol. The van der Waals surface area contributed by atoms with E-state index in [1.54, 1.807) is 6.07 Å². The van der Waals surface area contributed by atoms with Gasteiger partial charge in [0.1, 0.15) is 12.1 Å². The van der Waals surface area contributed by atoms with Crippen LogP contribution in [0.2, 0.25) is 0 Å². The quantitative estimate of drug-likeness (QED) is 0.264. The number of aliphatic hydroxyl groups excluding tert-OH is 1. The van der Waals surface area contributed by atoms with E-state index >= 15 is 0 Å². The predicted molar refractivity (Wildman–Crippen MR) is 112 cm³/mol. The van der Waals surface area contributed by atoms with Gasteiger partial charge in [0, 0.05) is 41.7 Å². The fraction of sp³-hybridized carbons (Fsp3) is 0.500. The molecule has 0 aliphatic carbocycles. The van der Waals surface area contributed by atoms with E-state index in [0.29, 0.717) is 16.6 Å². The van der Waals surface area contributed by atoms with Crippen molar-refractivity contribution in [3.05, 3.63) is 28.7 Å². The maximum absolute atomic E-state index is 14.3. The monoisotopic (exact) mass is 476 g/mol. The van der Waals surface area contributed by atoms with Gasteiger partial charge < -0.3 is 25.8 Å². The molecule has 1 fully saturated rings. The zero-order valence-electron chi connectivity index (χ0n) is 14.5. The zero-order valence-corrected chi connectivity index (χ0v) is 17.8. The van der Waals surface area contributed by atoms with Gasteiger partial charge in [-0.2, -0.15) is 4.37 Å². The maximum atomic E-state index is 14.3. The second kappa shape index (κ2) is 10.5. The Morgan fingerprint density at radius 3 is 2.93 bits per heavy atom. The van der Waals surface area contributed by atoms with Crippen LogP contribution in [0.4, 0.5) is 15.2 Å². The summed E-state index contributed by atoms with van der Waals surface area (Å²) in [5.41, 5.74) is 0.733. The molecule has 11 heteroatoms. The van der Waals surface area contributed by atoms with E-state index in [9.17, 15) is 9.50 Å². The van der Waals surface area contributed by atoms with Crippen LogP contribution in [-0.4, -0.2) is 52.8 Å². The number of unbranched alkanes of at least 4 members (excludes halogenated alkanes) is 1. The molecule has 2 aromatic rings. The molecule has 1 aromatic carbocycles. The number of anilines is 2. The molecule has 2 heterocycles. The summed E-state index contributed by atoms with van der Waals surface area (Å²) in [6.45, 7) is 3.07. The number of rotatable bonds is 10. The van der Waals surface area contributed by atoms with Crippen LogP contribution >= 0.6 is 39.4 Å².